The molecule has 0 saturated heterocycles. The van der Waals surface area contributed by atoms with Gasteiger partial charge in [0.1, 0.15) is 19.3 Å². The van der Waals surface area contributed by atoms with Crippen molar-refractivity contribution in [2.24, 2.45) is 0 Å². The molecular formula is C38H39ClN4O7. The molecule has 3 N–H and O–H groups in total. The quantitative estimate of drug-likeness (QED) is 0.0956. The lowest BCUT2D eigenvalue weighted by Gasteiger charge is -2.22. The topological polar surface area (TPSA) is 143 Å². The zero-order chi connectivity index (χ0) is 35.7. The molecule has 50 heavy (non-hydrogen) atoms. The molecule has 4 aromatic carbocycles. The third-order valence-corrected chi connectivity index (χ3v) is 7.85. The highest BCUT2D eigenvalue weighted by atomic mass is 35.5. The molecule has 4 amide bonds. The van der Waals surface area contributed by atoms with E-state index in [0.717, 1.165) is 11.1 Å². The van der Waals surface area contributed by atoms with Crippen molar-refractivity contribution >= 4 is 47.1 Å². The number of nitrogens with one attached hydrogen (secondary N) is 3. The minimum Gasteiger partial charge on any atom is -0.445 e. The Balaban J connectivity index is 1.32. The van der Waals surface area contributed by atoms with Gasteiger partial charge in [0.15, 0.2) is 5.78 Å². The van der Waals surface area contributed by atoms with Gasteiger partial charge in [-0.25, -0.2) is 9.59 Å². The molecule has 0 aliphatic rings. The van der Waals surface area contributed by atoms with E-state index in [2.05, 4.69) is 16.0 Å². The van der Waals surface area contributed by atoms with Gasteiger partial charge in [0.2, 0.25) is 11.8 Å². The number of ether oxygens (including phenoxy) is 2. The summed E-state index contributed by atoms with van der Waals surface area (Å²) < 4.78 is 10.5. The number of hydrogen-bond donors (Lipinski definition) is 3. The van der Waals surface area contributed by atoms with Crippen LogP contribution < -0.4 is 20.9 Å². The van der Waals surface area contributed by atoms with E-state index in [1.165, 1.54) is 18.0 Å². The van der Waals surface area contributed by atoms with Crippen molar-refractivity contribution in [3.05, 3.63) is 136 Å². The van der Waals surface area contributed by atoms with E-state index >= 15 is 0 Å². The van der Waals surface area contributed by atoms with E-state index in [1.807, 2.05) is 48.5 Å². The second-order valence-electron chi connectivity index (χ2n) is 11.3. The SMILES string of the molecule is CN(C(=O)CNC(=O)[C@H](CCCCNC(=O)OCc1ccccc1)NC(=O)OCc1ccccc1)c1ccc(Cl)cc1C(=O)c1ccccc1. The second-order valence-corrected chi connectivity index (χ2v) is 11.7. The van der Waals surface area contributed by atoms with E-state index in [0.29, 0.717) is 29.1 Å². The predicted octanol–water partition coefficient (Wildman–Crippen LogP) is 6.04. The molecule has 4 rings (SSSR count). The van der Waals surface area contributed by atoms with Gasteiger partial charge >= 0.3 is 12.2 Å². The number of anilines is 1. The van der Waals surface area contributed by atoms with E-state index in [-0.39, 0.29) is 37.5 Å². The number of ketones is 1. The molecule has 0 aliphatic heterocycles. The highest BCUT2D eigenvalue weighted by Gasteiger charge is 2.24. The van der Waals surface area contributed by atoms with Gasteiger partial charge in [0.05, 0.1) is 12.2 Å². The van der Waals surface area contributed by atoms with Crippen molar-refractivity contribution in [2.45, 2.75) is 38.5 Å². The normalized spacial score (nSPS) is 11.1. The van der Waals surface area contributed by atoms with Crippen LogP contribution in [0.3, 0.4) is 0 Å². The van der Waals surface area contributed by atoms with Gasteiger partial charge in [-0.05, 0) is 48.6 Å². The molecule has 0 unspecified atom stereocenters. The molecular weight excluding hydrogens is 660 g/mol. The van der Waals surface area contributed by atoms with Crippen molar-refractivity contribution in [1.82, 2.24) is 16.0 Å². The van der Waals surface area contributed by atoms with Crippen LogP contribution in [-0.4, -0.2) is 56.0 Å². The summed E-state index contributed by atoms with van der Waals surface area (Å²) in [6.45, 7) is 0.0166. The first-order valence-electron chi connectivity index (χ1n) is 16.1. The van der Waals surface area contributed by atoms with Crippen molar-refractivity contribution in [1.29, 1.82) is 0 Å². The van der Waals surface area contributed by atoms with Crippen LogP contribution in [0, 0.1) is 0 Å². The van der Waals surface area contributed by atoms with Crippen molar-refractivity contribution < 1.29 is 33.4 Å². The summed E-state index contributed by atoms with van der Waals surface area (Å²) in [6, 6.07) is 30.6. The molecule has 0 radical (unpaired) electrons. The number of likely N-dealkylation sites (N-methyl/N-ethyl adjacent to an activating group) is 1. The Hall–Kier alpha value is -5.68. The summed E-state index contributed by atoms with van der Waals surface area (Å²) >= 11 is 6.20. The first-order chi connectivity index (χ1) is 24.2. The Labute approximate surface area is 295 Å². The zero-order valence-electron chi connectivity index (χ0n) is 27.6. The summed E-state index contributed by atoms with van der Waals surface area (Å²) in [6.07, 6.45) is -0.238. The van der Waals surface area contributed by atoms with Crippen LogP contribution in [0.1, 0.15) is 46.3 Å². The van der Waals surface area contributed by atoms with Gasteiger partial charge in [-0.1, -0.05) is 103 Å². The first-order valence-corrected chi connectivity index (χ1v) is 16.4. The molecule has 0 aliphatic carbocycles. The number of alkyl carbamates (subject to hydrolysis) is 2. The number of halogens is 1. The number of carbonyl (C=O) groups excluding carboxylic acids is 5. The van der Waals surface area contributed by atoms with E-state index in [1.54, 1.807) is 54.6 Å². The van der Waals surface area contributed by atoms with Gasteiger partial charge in [-0.15, -0.1) is 0 Å². The molecule has 12 heteroatoms. The average Bonchev–Trinajstić information content (AvgIpc) is 3.15. The first kappa shape index (κ1) is 37.1. The number of amides is 4. The van der Waals surface area contributed by atoms with Crippen molar-refractivity contribution in [2.75, 3.05) is 25.0 Å². The Morgan fingerprint density at radius 2 is 1.30 bits per heavy atom. The largest absolute Gasteiger partial charge is 0.445 e. The number of nitrogens with zero attached hydrogens (tertiary/aromatic N) is 1. The van der Waals surface area contributed by atoms with Gasteiger partial charge in [0.25, 0.3) is 0 Å². The molecule has 0 aromatic heterocycles. The standard InChI is InChI=1S/C38H39ClN4O7/c1-43(33-21-20-30(39)23-31(33)35(45)29-17-9-4-10-18-29)34(44)24-41-36(46)32(42-38(48)50-26-28-15-7-3-8-16-28)19-11-12-22-40-37(47)49-25-27-13-5-2-6-14-27/h2-10,13-18,20-21,23,32H,11-12,19,22,24-26H2,1H3,(H,40,47)(H,41,46)(H,42,48)/t32-/m0/s1. The lowest BCUT2D eigenvalue weighted by atomic mass is 10.0. The van der Waals surface area contributed by atoms with Crippen LogP contribution in [0.5, 0.6) is 0 Å². The predicted molar refractivity (Wildman–Crippen MR) is 190 cm³/mol. The van der Waals surface area contributed by atoms with Gasteiger partial charge in [-0.2, -0.15) is 0 Å². The summed E-state index contributed by atoms with van der Waals surface area (Å²) in [5.41, 5.74) is 2.61. The third-order valence-electron chi connectivity index (χ3n) is 7.61. The minimum absolute atomic E-state index is 0.00440. The number of carbonyl (C=O) groups is 5. The van der Waals surface area contributed by atoms with Crippen LogP contribution in [0.2, 0.25) is 5.02 Å². The lowest BCUT2D eigenvalue weighted by Crippen LogP contribution is -2.49. The maximum absolute atomic E-state index is 13.3. The van der Waals surface area contributed by atoms with E-state index in [4.69, 9.17) is 21.1 Å². The fourth-order valence-corrected chi connectivity index (χ4v) is 5.05. The number of rotatable bonds is 16. The molecule has 260 valence electrons. The maximum Gasteiger partial charge on any atom is 0.408 e. The summed E-state index contributed by atoms with van der Waals surface area (Å²) in [4.78, 5) is 65.9. The van der Waals surface area contributed by atoms with Crippen LogP contribution in [0.4, 0.5) is 15.3 Å². The smallest absolute Gasteiger partial charge is 0.408 e. The molecule has 0 bridgehead atoms. The maximum atomic E-state index is 13.3. The van der Waals surface area contributed by atoms with E-state index in [9.17, 15) is 24.0 Å². The Morgan fingerprint density at radius 1 is 0.720 bits per heavy atom. The summed E-state index contributed by atoms with van der Waals surface area (Å²) in [5, 5.41) is 8.18. The molecule has 4 aromatic rings. The van der Waals surface area contributed by atoms with E-state index < -0.39 is 36.6 Å². The Kier molecular flexibility index (Phi) is 14.4. The molecule has 0 fully saturated rings. The van der Waals surface area contributed by atoms with Crippen LogP contribution in [-0.2, 0) is 32.3 Å². The van der Waals surface area contributed by atoms with Gasteiger partial charge in [0, 0.05) is 29.7 Å². The molecule has 0 saturated carbocycles. The Morgan fingerprint density at radius 3 is 1.92 bits per heavy atom. The number of benzene rings is 4. The lowest BCUT2D eigenvalue weighted by molar-refractivity contribution is -0.126. The monoisotopic (exact) mass is 698 g/mol. The van der Waals surface area contributed by atoms with Gasteiger partial charge < -0.3 is 30.3 Å². The number of hydrogen-bond acceptors (Lipinski definition) is 7. The van der Waals surface area contributed by atoms with Crippen LogP contribution in [0.25, 0.3) is 0 Å². The average molecular weight is 699 g/mol. The summed E-state index contributed by atoms with van der Waals surface area (Å²) in [5.74, 6) is -1.43. The van der Waals surface area contributed by atoms with Gasteiger partial charge in [-0.3, -0.25) is 14.4 Å². The highest BCUT2D eigenvalue weighted by Crippen LogP contribution is 2.26. The van der Waals surface area contributed by atoms with Crippen LogP contribution in [0.15, 0.2) is 109 Å². The minimum atomic E-state index is -1.04. The summed E-state index contributed by atoms with van der Waals surface area (Å²) in [7, 11) is 1.49. The number of unbranched alkanes of at least 4 members (excludes halogenated alkanes) is 1. The van der Waals surface area contributed by atoms with Crippen LogP contribution >= 0.6 is 11.6 Å². The molecule has 1 atom stereocenters. The van der Waals surface area contributed by atoms with Crippen molar-refractivity contribution in [3.63, 3.8) is 0 Å². The molecule has 11 nitrogen and oxygen atoms in total. The fraction of sp³-hybridized carbons (Fsp3) is 0.237. The molecule has 0 spiro atoms. The third kappa shape index (κ3) is 11.8. The van der Waals surface area contributed by atoms with Crippen molar-refractivity contribution in [3.8, 4) is 0 Å². The molecule has 0 heterocycles. The highest BCUT2D eigenvalue weighted by molar-refractivity contribution is 6.31. The zero-order valence-corrected chi connectivity index (χ0v) is 28.4. The second kappa shape index (κ2) is 19.4. The fourth-order valence-electron chi connectivity index (χ4n) is 4.88. The Bertz CT molecular complexity index is 1740.